The third-order valence-corrected chi connectivity index (χ3v) is 3.48. The summed E-state index contributed by atoms with van der Waals surface area (Å²) in [5.74, 6) is 0.0375. The molecule has 0 bridgehead atoms. The van der Waals surface area contributed by atoms with Gasteiger partial charge in [-0.1, -0.05) is 35.7 Å². The smallest absolute Gasteiger partial charge is 0.220 e. The van der Waals surface area contributed by atoms with Crippen LogP contribution in [-0.2, 0) is 4.79 Å². The highest BCUT2D eigenvalue weighted by atomic mass is 35.5. The van der Waals surface area contributed by atoms with Gasteiger partial charge >= 0.3 is 0 Å². The van der Waals surface area contributed by atoms with E-state index < -0.39 is 0 Å². The van der Waals surface area contributed by atoms with Crippen LogP contribution in [0.15, 0.2) is 18.2 Å². The number of amides is 1. The first kappa shape index (κ1) is 16.3. The average Bonchev–Trinajstić information content (AvgIpc) is 2.34. The molecule has 0 aliphatic heterocycles. The molecular weight excluding hydrogens is 283 g/mol. The molecule has 0 aromatic heterocycles. The van der Waals surface area contributed by atoms with Gasteiger partial charge in [-0.25, -0.2) is 0 Å². The Labute approximate surface area is 124 Å². The van der Waals surface area contributed by atoms with Crippen LogP contribution >= 0.6 is 23.2 Å². The molecule has 0 aliphatic carbocycles. The van der Waals surface area contributed by atoms with E-state index in [4.69, 9.17) is 28.9 Å². The molecule has 1 unspecified atom stereocenters. The molecule has 3 N–H and O–H groups in total. The van der Waals surface area contributed by atoms with Crippen LogP contribution in [0.25, 0.3) is 0 Å². The van der Waals surface area contributed by atoms with Gasteiger partial charge in [-0.05, 0) is 44.0 Å². The maximum absolute atomic E-state index is 11.8. The highest BCUT2D eigenvalue weighted by Gasteiger charge is 2.12. The van der Waals surface area contributed by atoms with Crippen LogP contribution in [0, 0.1) is 0 Å². The van der Waals surface area contributed by atoms with Crippen LogP contribution in [0.1, 0.15) is 44.2 Å². The van der Waals surface area contributed by atoms with Gasteiger partial charge in [-0.2, -0.15) is 0 Å². The summed E-state index contributed by atoms with van der Waals surface area (Å²) in [6.07, 6.45) is 3.34. The highest BCUT2D eigenvalue weighted by molar-refractivity contribution is 6.35. The zero-order valence-corrected chi connectivity index (χ0v) is 12.6. The van der Waals surface area contributed by atoms with Crippen LogP contribution in [-0.4, -0.2) is 12.5 Å². The molecule has 5 heteroatoms. The number of rotatable bonds is 7. The molecule has 1 atom stereocenters. The number of hydrogen-bond donors (Lipinski definition) is 2. The van der Waals surface area contributed by atoms with Gasteiger partial charge < -0.3 is 11.1 Å². The van der Waals surface area contributed by atoms with E-state index in [9.17, 15) is 4.79 Å². The van der Waals surface area contributed by atoms with Crippen LogP contribution in [0.5, 0.6) is 0 Å². The monoisotopic (exact) mass is 302 g/mol. The lowest BCUT2D eigenvalue weighted by atomic mass is 10.1. The number of carbonyl (C=O) groups is 1. The van der Waals surface area contributed by atoms with Crippen LogP contribution in [0.3, 0.4) is 0 Å². The normalized spacial score (nSPS) is 12.2. The molecule has 0 saturated heterocycles. The van der Waals surface area contributed by atoms with Gasteiger partial charge in [0, 0.05) is 16.5 Å². The number of nitrogens with two attached hydrogens (primary N) is 1. The lowest BCUT2D eigenvalue weighted by molar-refractivity contribution is -0.121. The first-order valence-electron chi connectivity index (χ1n) is 6.49. The van der Waals surface area contributed by atoms with E-state index in [1.165, 1.54) is 0 Å². The Hall–Kier alpha value is -0.770. The summed E-state index contributed by atoms with van der Waals surface area (Å²) in [5, 5.41) is 4.10. The van der Waals surface area contributed by atoms with E-state index in [1.807, 2.05) is 13.0 Å². The summed E-state index contributed by atoms with van der Waals surface area (Å²) in [7, 11) is 0. The molecule has 0 radical (unpaired) electrons. The molecule has 106 valence electrons. The minimum atomic E-state index is -0.119. The summed E-state index contributed by atoms with van der Waals surface area (Å²) < 4.78 is 0. The van der Waals surface area contributed by atoms with Crippen molar-refractivity contribution in [3.8, 4) is 0 Å². The van der Waals surface area contributed by atoms with Crippen LogP contribution < -0.4 is 11.1 Å². The zero-order valence-electron chi connectivity index (χ0n) is 11.1. The second-order valence-corrected chi connectivity index (χ2v) is 5.40. The predicted molar refractivity (Wildman–Crippen MR) is 80.5 cm³/mol. The first-order valence-corrected chi connectivity index (χ1v) is 7.24. The summed E-state index contributed by atoms with van der Waals surface area (Å²) >= 11 is 11.9. The van der Waals surface area contributed by atoms with E-state index in [0.29, 0.717) is 23.0 Å². The van der Waals surface area contributed by atoms with Gasteiger partial charge in [0.05, 0.1) is 6.04 Å². The molecule has 19 heavy (non-hydrogen) atoms. The quantitative estimate of drug-likeness (QED) is 0.755. The lowest BCUT2D eigenvalue weighted by Crippen LogP contribution is -2.26. The van der Waals surface area contributed by atoms with Gasteiger partial charge in [0.15, 0.2) is 0 Å². The summed E-state index contributed by atoms with van der Waals surface area (Å²) in [6, 6.07) is 5.17. The molecule has 0 heterocycles. The average molecular weight is 303 g/mol. The Kier molecular flexibility index (Phi) is 7.21. The summed E-state index contributed by atoms with van der Waals surface area (Å²) in [5.41, 5.74) is 6.28. The molecule has 1 amide bonds. The number of nitrogens with one attached hydrogen (secondary N) is 1. The third-order valence-electron chi connectivity index (χ3n) is 2.91. The fourth-order valence-corrected chi connectivity index (χ4v) is 2.42. The van der Waals surface area contributed by atoms with Crippen molar-refractivity contribution in [1.29, 1.82) is 0 Å². The van der Waals surface area contributed by atoms with Crippen LogP contribution in [0.2, 0.25) is 10.0 Å². The molecule has 1 aromatic carbocycles. The third kappa shape index (κ3) is 5.81. The van der Waals surface area contributed by atoms with E-state index in [2.05, 4.69) is 5.32 Å². The zero-order chi connectivity index (χ0) is 14.3. The van der Waals surface area contributed by atoms with E-state index >= 15 is 0 Å². The van der Waals surface area contributed by atoms with Crippen LogP contribution in [0.4, 0.5) is 0 Å². The Balaban J connectivity index is 2.45. The maximum Gasteiger partial charge on any atom is 0.220 e. The number of hydrogen-bond acceptors (Lipinski definition) is 2. The number of carbonyl (C=O) groups excluding carboxylic acids is 1. The number of unbranched alkanes of at least 4 members (excludes halogenated alkanes) is 2. The molecule has 1 aromatic rings. The van der Waals surface area contributed by atoms with E-state index in [-0.39, 0.29) is 11.9 Å². The SMILES string of the molecule is CC(NC(=O)CCCCCN)c1ccc(Cl)cc1Cl. The van der Waals surface area contributed by atoms with Crippen molar-refractivity contribution < 1.29 is 4.79 Å². The Morgan fingerprint density at radius 2 is 2.05 bits per heavy atom. The van der Waals surface area contributed by atoms with Crippen molar-refractivity contribution in [1.82, 2.24) is 5.32 Å². The van der Waals surface area contributed by atoms with Crippen molar-refractivity contribution in [3.05, 3.63) is 33.8 Å². The number of halogens is 2. The second-order valence-electron chi connectivity index (χ2n) is 4.55. The molecule has 3 nitrogen and oxygen atoms in total. The lowest BCUT2D eigenvalue weighted by Gasteiger charge is -2.16. The minimum Gasteiger partial charge on any atom is -0.350 e. The molecule has 0 fully saturated rings. The molecular formula is C14H20Cl2N2O. The van der Waals surface area contributed by atoms with Gasteiger partial charge in [-0.15, -0.1) is 0 Å². The summed E-state index contributed by atoms with van der Waals surface area (Å²) in [4.78, 5) is 11.8. The largest absolute Gasteiger partial charge is 0.350 e. The highest BCUT2D eigenvalue weighted by Crippen LogP contribution is 2.26. The maximum atomic E-state index is 11.8. The summed E-state index contributed by atoms with van der Waals surface area (Å²) in [6.45, 7) is 2.59. The molecule has 1 rings (SSSR count). The molecule has 0 spiro atoms. The van der Waals surface area contributed by atoms with Crippen molar-refractivity contribution in [3.63, 3.8) is 0 Å². The standard InChI is InChI=1S/C14H20Cl2N2O/c1-10(12-7-6-11(15)9-13(12)16)18-14(19)5-3-2-4-8-17/h6-7,9-10H,2-5,8,17H2,1H3,(H,18,19). The number of benzene rings is 1. The van der Waals surface area contributed by atoms with E-state index in [0.717, 1.165) is 24.8 Å². The van der Waals surface area contributed by atoms with Gasteiger partial charge in [-0.3, -0.25) is 4.79 Å². The Morgan fingerprint density at radius 1 is 1.32 bits per heavy atom. The van der Waals surface area contributed by atoms with Gasteiger partial charge in [0.2, 0.25) is 5.91 Å². The Bertz CT molecular complexity index is 424. The fraction of sp³-hybridized carbons (Fsp3) is 0.500. The van der Waals surface area contributed by atoms with Crippen molar-refractivity contribution >= 4 is 29.1 Å². The minimum absolute atomic E-state index is 0.0375. The van der Waals surface area contributed by atoms with Crippen molar-refractivity contribution in [2.24, 2.45) is 5.73 Å². The van der Waals surface area contributed by atoms with Gasteiger partial charge in [0.25, 0.3) is 0 Å². The van der Waals surface area contributed by atoms with Crippen molar-refractivity contribution in [2.75, 3.05) is 6.54 Å². The van der Waals surface area contributed by atoms with Crippen molar-refractivity contribution in [2.45, 2.75) is 38.6 Å². The van der Waals surface area contributed by atoms with Gasteiger partial charge in [0.1, 0.15) is 0 Å². The second kappa shape index (κ2) is 8.41. The first-order chi connectivity index (χ1) is 9.04. The fourth-order valence-electron chi connectivity index (χ4n) is 1.85. The predicted octanol–water partition coefficient (Wildman–Crippen LogP) is 3.69. The molecule has 0 saturated carbocycles. The Morgan fingerprint density at radius 3 is 2.68 bits per heavy atom. The van der Waals surface area contributed by atoms with E-state index in [1.54, 1.807) is 12.1 Å². The molecule has 0 aliphatic rings. The topological polar surface area (TPSA) is 55.1 Å².